The number of pyridine rings is 1. The Hall–Kier alpha value is -1.17. The zero-order valence-corrected chi connectivity index (χ0v) is 15.7. The Morgan fingerprint density at radius 3 is 2.68 bits per heavy atom. The van der Waals surface area contributed by atoms with Crippen LogP contribution in [0.4, 0.5) is 0 Å². The van der Waals surface area contributed by atoms with Gasteiger partial charge in [0.1, 0.15) is 0 Å². The summed E-state index contributed by atoms with van der Waals surface area (Å²) < 4.78 is 5.43. The van der Waals surface area contributed by atoms with Gasteiger partial charge in [0.15, 0.2) is 0 Å². The number of nitrogens with zero attached hydrogens (tertiary/aromatic N) is 3. The lowest BCUT2D eigenvalue weighted by Crippen LogP contribution is -2.41. The van der Waals surface area contributed by atoms with Gasteiger partial charge in [-0.3, -0.25) is 14.8 Å². The monoisotopic (exact) mass is 379 g/mol. The van der Waals surface area contributed by atoms with Gasteiger partial charge in [0, 0.05) is 51.7 Å². The van der Waals surface area contributed by atoms with Gasteiger partial charge in [-0.05, 0) is 23.3 Å². The summed E-state index contributed by atoms with van der Waals surface area (Å²) in [5.74, 6) is 0. The van der Waals surface area contributed by atoms with Crippen LogP contribution in [-0.2, 0) is 17.8 Å². The summed E-state index contributed by atoms with van der Waals surface area (Å²) in [6.45, 7) is 7.21. The van der Waals surface area contributed by atoms with E-state index >= 15 is 0 Å². The number of halogens is 2. The van der Waals surface area contributed by atoms with Crippen molar-refractivity contribution >= 4 is 23.2 Å². The second-order valence-corrected chi connectivity index (χ2v) is 7.02. The zero-order valence-electron chi connectivity index (χ0n) is 14.2. The third kappa shape index (κ3) is 5.66. The van der Waals surface area contributed by atoms with Crippen molar-refractivity contribution < 1.29 is 4.74 Å². The predicted octanol–water partition coefficient (Wildman–Crippen LogP) is 3.72. The van der Waals surface area contributed by atoms with Gasteiger partial charge in [-0.1, -0.05) is 41.4 Å². The fraction of sp³-hybridized carbons (Fsp3) is 0.421. The average molecular weight is 380 g/mol. The van der Waals surface area contributed by atoms with Crippen LogP contribution in [0.15, 0.2) is 42.7 Å². The van der Waals surface area contributed by atoms with Crippen molar-refractivity contribution in [1.29, 1.82) is 0 Å². The predicted molar refractivity (Wildman–Crippen MR) is 102 cm³/mol. The topological polar surface area (TPSA) is 28.6 Å². The lowest BCUT2D eigenvalue weighted by atomic mass is 10.2. The standard InChI is InChI=1S/C19H23Cl2N3O/c20-18-5-1-4-17(19(18)21)15-24(14-16-3-2-6-22-13-16)8-7-23-9-11-25-12-10-23/h1-6,13H,7-12,14-15H2. The van der Waals surface area contributed by atoms with Crippen molar-refractivity contribution in [3.05, 3.63) is 63.9 Å². The minimum Gasteiger partial charge on any atom is -0.379 e. The van der Waals surface area contributed by atoms with Crippen LogP contribution in [0.1, 0.15) is 11.1 Å². The van der Waals surface area contributed by atoms with Gasteiger partial charge in [-0.15, -0.1) is 0 Å². The van der Waals surface area contributed by atoms with E-state index in [2.05, 4.69) is 20.9 Å². The largest absolute Gasteiger partial charge is 0.379 e. The van der Waals surface area contributed by atoms with Crippen molar-refractivity contribution in [1.82, 2.24) is 14.8 Å². The Balaban J connectivity index is 1.67. The molecule has 0 N–H and O–H groups in total. The molecule has 1 aliphatic rings. The van der Waals surface area contributed by atoms with E-state index in [1.165, 1.54) is 5.56 Å². The van der Waals surface area contributed by atoms with Crippen LogP contribution in [-0.4, -0.2) is 54.2 Å². The molecule has 4 nitrogen and oxygen atoms in total. The summed E-state index contributed by atoms with van der Waals surface area (Å²) in [6.07, 6.45) is 3.72. The first-order valence-electron chi connectivity index (χ1n) is 8.56. The van der Waals surface area contributed by atoms with Crippen LogP contribution in [0.5, 0.6) is 0 Å². The van der Waals surface area contributed by atoms with Gasteiger partial charge < -0.3 is 4.74 Å². The second kappa shape index (κ2) is 9.51. The van der Waals surface area contributed by atoms with Gasteiger partial charge in [0.2, 0.25) is 0 Å². The number of ether oxygens (including phenoxy) is 1. The number of rotatable bonds is 7. The van der Waals surface area contributed by atoms with Gasteiger partial charge in [-0.25, -0.2) is 0 Å². The normalized spacial score (nSPS) is 15.6. The molecule has 1 saturated heterocycles. The van der Waals surface area contributed by atoms with Crippen molar-refractivity contribution in [3.63, 3.8) is 0 Å². The van der Waals surface area contributed by atoms with Crippen molar-refractivity contribution in [2.75, 3.05) is 39.4 Å². The lowest BCUT2D eigenvalue weighted by Gasteiger charge is -2.30. The highest BCUT2D eigenvalue weighted by atomic mass is 35.5. The first-order chi connectivity index (χ1) is 12.2. The molecule has 1 aromatic heterocycles. The minimum atomic E-state index is 0.605. The average Bonchev–Trinajstić information content (AvgIpc) is 2.65. The molecule has 0 unspecified atom stereocenters. The Bertz CT molecular complexity index is 663. The summed E-state index contributed by atoms with van der Waals surface area (Å²) >= 11 is 12.6. The molecule has 0 radical (unpaired) electrons. The molecule has 1 aromatic carbocycles. The molecule has 0 aliphatic carbocycles. The number of benzene rings is 1. The molecule has 0 saturated carbocycles. The maximum atomic E-state index is 6.39. The molecule has 2 heterocycles. The number of hydrogen-bond donors (Lipinski definition) is 0. The van der Waals surface area contributed by atoms with Crippen LogP contribution in [0.2, 0.25) is 10.0 Å². The van der Waals surface area contributed by atoms with E-state index in [-0.39, 0.29) is 0 Å². The molecule has 0 bridgehead atoms. The summed E-state index contributed by atoms with van der Waals surface area (Å²) in [5.41, 5.74) is 2.25. The fourth-order valence-electron chi connectivity index (χ4n) is 2.98. The van der Waals surface area contributed by atoms with E-state index in [1.54, 1.807) is 6.20 Å². The van der Waals surface area contributed by atoms with E-state index in [9.17, 15) is 0 Å². The molecule has 2 aromatic rings. The van der Waals surface area contributed by atoms with Gasteiger partial charge >= 0.3 is 0 Å². The van der Waals surface area contributed by atoms with Gasteiger partial charge in [0.05, 0.1) is 23.3 Å². The molecule has 0 atom stereocenters. The molecular weight excluding hydrogens is 357 g/mol. The number of aromatic nitrogens is 1. The molecular formula is C19H23Cl2N3O. The van der Waals surface area contributed by atoms with Crippen molar-refractivity contribution in [2.24, 2.45) is 0 Å². The van der Waals surface area contributed by atoms with E-state index in [1.807, 2.05) is 30.5 Å². The molecule has 25 heavy (non-hydrogen) atoms. The van der Waals surface area contributed by atoms with Crippen molar-refractivity contribution in [3.8, 4) is 0 Å². The van der Waals surface area contributed by atoms with Crippen LogP contribution in [0, 0.1) is 0 Å². The summed E-state index contributed by atoms with van der Waals surface area (Å²) in [4.78, 5) is 9.06. The Labute approximate surface area is 159 Å². The number of hydrogen-bond acceptors (Lipinski definition) is 4. The maximum absolute atomic E-state index is 6.39. The Kier molecular flexibility index (Phi) is 7.08. The van der Waals surface area contributed by atoms with Gasteiger partial charge in [0.25, 0.3) is 0 Å². The van der Waals surface area contributed by atoms with Crippen LogP contribution in [0.25, 0.3) is 0 Å². The second-order valence-electron chi connectivity index (χ2n) is 6.24. The molecule has 1 fully saturated rings. The summed E-state index contributed by atoms with van der Waals surface area (Å²) in [5, 5.41) is 1.25. The molecule has 6 heteroatoms. The quantitative estimate of drug-likeness (QED) is 0.732. The fourth-order valence-corrected chi connectivity index (χ4v) is 3.36. The highest BCUT2D eigenvalue weighted by Gasteiger charge is 2.15. The summed E-state index contributed by atoms with van der Waals surface area (Å²) in [6, 6.07) is 9.90. The third-order valence-corrected chi connectivity index (χ3v) is 5.25. The van der Waals surface area contributed by atoms with E-state index in [0.29, 0.717) is 10.0 Å². The van der Waals surface area contributed by atoms with E-state index < -0.39 is 0 Å². The van der Waals surface area contributed by atoms with E-state index in [4.69, 9.17) is 27.9 Å². The van der Waals surface area contributed by atoms with Crippen LogP contribution < -0.4 is 0 Å². The van der Waals surface area contributed by atoms with Crippen molar-refractivity contribution in [2.45, 2.75) is 13.1 Å². The Morgan fingerprint density at radius 1 is 1.08 bits per heavy atom. The summed E-state index contributed by atoms with van der Waals surface area (Å²) in [7, 11) is 0. The lowest BCUT2D eigenvalue weighted by molar-refractivity contribution is 0.0325. The van der Waals surface area contributed by atoms with E-state index in [0.717, 1.165) is 58.0 Å². The zero-order chi connectivity index (χ0) is 17.5. The third-order valence-electron chi connectivity index (χ3n) is 4.39. The molecule has 0 spiro atoms. The highest BCUT2D eigenvalue weighted by molar-refractivity contribution is 6.42. The van der Waals surface area contributed by atoms with Gasteiger partial charge in [-0.2, -0.15) is 0 Å². The first kappa shape index (κ1) is 18.6. The van der Waals surface area contributed by atoms with Crippen LogP contribution >= 0.6 is 23.2 Å². The Morgan fingerprint density at radius 2 is 1.92 bits per heavy atom. The first-order valence-corrected chi connectivity index (χ1v) is 9.32. The highest BCUT2D eigenvalue weighted by Crippen LogP contribution is 2.26. The molecule has 3 rings (SSSR count). The maximum Gasteiger partial charge on any atom is 0.0637 e. The number of morpholine rings is 1. The SMILES string of the molecule is Clc1cccc(CN(CCN2CCOCC2)Cc2cccnc2)c1Cl. The smallest absolute Gasteiger partial charge is 0.0637 e. The minimum absolute atomic E-state index is 0.605. The molecule has 0 amide bonds. The molecule has 134 valence electrons. The van der Waals surface area contributed by atoms with Crippen LogP contribution in [0.3, 0.4) is 0 Å². The molecule has 1 aliphatic heterocycles.